The highest BCUT2D eigenvalue weighted by atomic mass is 79.9. The zero-order valence-corrected chi connectivity index (χ0v) is 15.9. The van der Waals surface area contributed by atoms with E-state index in [0.717, 1.165) is 6.92 Å². The molecular formula is C20H18BrF3O3. The number of benzene rings is 2. The zero-order valence-electron chi connectivity index (χ0n) is 14.4. The Morgan fingerprint density at radius 2 is 1.59 bits per heavy atom. The van der Waals surface area contributed by atoms with Crippen molar-refractivity contribution in [2.24, 2.45) is 0 Å². The Morgan fingerprint density at radius 3 is 2.07 bits per heavy atom. The molecule has 3 nitrogen and oxygen atoms in total. The summed E-state index contributed by atoms with van der Waals surface area (Å²) >= 11 is 2.94. The van der Waals surface area contributed by atoms with Gasteiger partial charge in [0.1, 0.15) is 6.10 Å². The normalized spacial score (nSPS) is 16.5. The van der Waals surface area contributed by atoms with Crippen molar-refractivity contribution in [3.63, 3.8) is 0 Å². The molecule has 0 unspecified atom stereocenters. The number of carbonyl (C=O) groups is 1. The number of esters is 1. The minimum atomic E-state index is -5.01. The Balaban J connectivity index is 2.46. The van der Waals surface area contributed by atoms with E-state index in [1.807, 2.05) is 0 Å². The van der Waals surface area contributed by atoms with Crippen molar-refractivity contribution in [3.8, 4) is 0 Å². The van der Waals surface area contributed by atoms with Crippen LogP contribution in [0.2, 0.25) is 0 Å². The lowest BCUT2D eigenvalue weighted by Crippen LogP contribution is -2.53. The minimum Gasteiger partial charge on any atom is -0.456 e. The lowest BCUT2D eigenvalue weighted by molar-refractivity contribution is -0.245. The molecule has 7 heteroatoms. The molecule has 0 aliphatic heterocycles. The smallest absolute Gasteiger partial charge is 0.422 e. The fourth-order valence-corrected chi connectivity index (χ4v) is 3.30. The quantitative estimate of drug-likeness (QED) is 0.502. The van der Waals surface area contributed by atoms with Crippen molar-refractivity contribution in [3.05, 3.63) is 77.9 Å². The Labute approximate surface area is 163 Å². The Bertz CT molecular complexity index is 778. The largest absolute Gasteiger partial charge is 0.456 e. The highest BCUT2D eigenvalue weighted by Gasteiger charge is 2.59. The van der Waals surface area contributed by atoms with E-state index in [2.05, 4.69) is 15.9 Å². The van der Waals surface area contributed by atoms with E-state index in [9.17, 15) is 23.1 Å². The van der Waals surface area contributed by atoms with Crippen molar-refractivity contribution in [2.45, 2.75) is 29.6 Å². The summed E-state index contributed by atoms with van der Waals surface area (Å²) in [6, 6.07) is 16.2. The Morgan fingerprint density at radius 1 is 1.07 bits per heavy atom. The molecule has 3 atom stereocenters. The average Bonchev–Trinajstić information content (AvgIpc) is 2.64. The molecule has 0 aromatic heterocycles. The van der Waals surface area contributed by atoms with Gasteiger partial charge in [-0.1, -0.05) is 82.7 Å². The van der Waals surface area contributed by atoms with Gasteiger partial charge >= 0.3 is 12.1 Å². The fourth-order valence-electron chi connectivity index (χ4n) is 2.48. The van der Waals surface area contributed by atoms with E-state index in [1.54, 1.807) is 48.5 Å². The van der Waals surface area contributed by atoms with Crippen LogP contribution < -0.4 is 0 Å². The number of hydrogen-bond acceptors (Lipinski definition) is 3. The predicted octanol–water partition coefficient (Wildman–Crippen LogP) is 5.06. The van der Waals surface area contributed by atoms with Crippen molar-refractivity contribution >= 4 is 28.0 Å². The molecule has 0 saturated carbocycles. The summed E-state index contributed by atoms with van der Waals surface area (Å²) < 4.78 is 46.5. The molecule has 0 heterocycles. The van der Waals surface area contributed by atoms with Gasteiger partial charge in [-0.2, -0.15) is 13.2 Å². The molecule has 2 aromatic carbocycles. The number of aliphatic hydroxyl groups is 1. The number of halogens is 4. The molecule has 0 fully saturated rings. The van der Waals surface area contributed by atoms with Crippen LogP contribution in [0, 0.1) is 0 Å². The molecule has 2 rings (SSSR count). The summed E-state index contributed by atoms with van der Waals surface area (Å²) in [5.74, 6) is -0.759. The molecule has 0 bridgehead atoms. The lowest BCUT2D eigenvalue weighted by atomic mass is 9.90. The maximum absolute atomic E-state index is 13.8. The van der Waals surface area contributed by atoms with Gasteiger partial charge < -0.3 is 9.84 Å². The molecule has 2 aromatic rings. The number of hydrogen-bond donors (Lipinski definition) is 1. The second kappa shape index (κ2) is 8.71. The van der Waals surface area contributed by atoms with Gasteiger partial charge in [-0.25, -0.2) is 0 Å². The van der Waals surface area contributed by atoms with E-state index < -0.39 is 28.7 Å². The molecule has 0 amide bonds. The van der Waals surface area contributed by atoms with E-state index in [4.69, 9.17) is 4.74 Å². The van der Waals surface area contributed by atoms with Gasteiger partial charge in [0.05, 0.1) is 4.83 Å². The first-order chi connectivity index (χ1) is 12.6. The molecule has 1 N–H and O–H groups in total. The van der Waals surface area contributed by atoms with Crippen molar-refractivity contribution in [2.75, 3.05) is 0 Å². The van der Waals surface area contributed by atoms with Crippen molar-refractivity contribution < 1.29 is 27.8 Å². The van der Waals surface area contributed by atoms with Crippen LogP contribution in [0.5, 0.6) is 0 Å². The summed E-state index contributed by atoms with van der Waals surface area (Å²) in [6.45, 7) is 1.10. The van der Waals surface area contributed by atoms with Crippen molar-refractivity contribution in [1.82, 2.24) is 0 Å². The summed E-state index contributed by atoms with van der Waals surface area (Å²) in [5, 5.41) is 10.6. The third-order valence-electron chi connectivity index (χ3n) is 3.89. The monoisotopic (exact) mass is 442 g/mol. The van der Waals surface area contributed by atoms with Crippen LogP contribution in [0.25, 0.3) is 6.08 Å². The van der Waals surface area contributed by atoms with E-state index in [-0.39, 0.29) is 0 Å². The first kappa shape index (κ1) is 21.2. The van der Waals surface area contributed by atoms with Gasteiger partial charge in [-0.3, -0.25) is 4.79 Å². The predicted molar refractivity (Wildman–Crippen MR) is 100 cm³/mol. The highest BCUT2D eigenvalue weighted by Crippen LogP contribution is 2.44. The van der Waals surface area contributed by atoms with Gasteiger partial charge in [0.25, 0.3) is 0 Å². The molecular weight excluding hydrogens is 425 g/mol. The highest BCUT2D eigenvalue weighted by molar-refractivity contribution is 9.09. The number of ether oxygens (including phenoxy) is 1. The minimum absolute atomic E-state index is 0.324. The van der Waals surface area contributed by atoms with Gasteiger partial charge in [-0.15, -0.1) is 0 Å². The van der Waals surface area contributed by atoms with E-state index in [1.165, 1.54) is 18.2 Å². The summed E-state index contributed by atoms with van der Waals surface area (Å²) in [7, 11) is 0. The van der Waals surface area contributed by atoms with Crippen molar-refractivity contribution in [1.29, 1.82) is 0 Å². The van der Waals surface area contributed by atoms with Crippen LogP contribution in [-0.2, 0) is 9.53 Å². The summed E-state index contributed by atoms with van der Waals surface area (Å²) in [4.78, 5) is 9.79. The van der Waals surface area contributed by atoms with Crippen LogP contribution in [0.15, 0.2) is 66.7 Å². The van der Waals surface area contributed by atoms with Crippen LogP contribution in [0.1, 0.15) is 24.2 Å². The average molecular weight is 443 g/mol. The van der Waals surface area contributed by atoms with E-state index >= 15 is 0 Å². The maximum Gasteiger partial charge on any atom is 0.422 e. The van der Waals surface area contributed by atoms with Gasteiger partial charge in [0, 0.05) is 6.92 Å². The van der Waals surface area contributed by atoms with Gasteiger partial charge in [0.15, 0.2) is 5.60 Å². The Hall–Kier alpha value is -2.12. The topological polar surface area (TPSA) is 46.5 Å². The fraction of sp³-hybridized carbons (Fsp3) is 0.250. The third-order valence-corrected chi connectivity index (χ3v) is 5.07. The van der Waals surface area contributed by atoms with Crippen LogP contribution in [0.4, 0.5) is 13.2 Å². The van der Waals surface area contributed by atoms with E-state index in [0.29, 0.717) is 17.2 Å². The van der Waals surface area contributed by atoms with Crippen LogP contribution in [0.3, 0.4) is 0 Å². The Kier molecular flexibility index (Phi) is 6.84. The molecule has 0 saturated heterocycles. The maximum atomic E-state index is 13.8. The summed E-state index contributed by atoms with van der Waals surface area (Å²) in [6.07, 6.45) is -4.52. The number of alkyl halides is 4. The molecule has 0 aliphatic carbocycles. The molecule has 0 radical (unpaired) electrons. The molecule has 0 aliphatic rings. The van der Waals surface area contributed by atoms with Crippen LogP contribution >= 0.6 is 15.9 Å². The standard InChI is InChI=1S/C20H18BrF3O3/c1-14(25)27-17(16-10-6-3-7-11-16)18(21)19(26,20(22,23)24)13-12-15-8-4-2-5-9-15/h2-13,17-18,26H,1H3/b13-12+/t17-,18-,19+/m1/s1. The second-order valence-corrected chi connectivity index (χ2v) is 6.90. The SMILES string of the molecule is CC(=O)O[C@H](c1ccccc1)[C@@H](Br)[C@@](O)(/C=C/c1ccccc1)C(F)(F)F. The molecule has 27 heavy (non-hydrogen) atoms. The van der Waals surface area contributed by atoms with Gasteiger partial charge in [0.2, 0.25) is 0 Å². The first-order valence-corrected chi connectivity index (χ1v) is 8.96. The second-order valence-electron chi connectivity index (χ2n) is 5.91. The molecule has 144 valence electrons. The van der Waals surface area contributed by atoms with Crippen LogP contribution in [-0.4, -0.2) is 27.7 Å². The third kappa shape index (κ3) is 5.20. The number of carbonyl (C=O) groups excluding carboxylic acids is 1. The zero-order chi connectivity index (χ0) is 20.1. The van der Waals surface area contributed by atoms with Gasteiger partial charge in [-0.05, 0) is 17.2 Å². The number of rotatable bonds is 6. The molecule has 0 spiro atoms. The summed E-state index contributed by atoms with van der Waals surface area (Å²) in [5.41, 5.74) is -2.47. The first-order valence-electron chi connectivity index (χ1n) is 8.05. The lowest BCUT2D eigenvalue weighted by Gasteiger charge is -2.36.